The number of unbranched alkanes of at least 4 members (excludes halogenated alkanes) is 3. The summed E-state index contributed by atoms with van der Waals surface area (Å²) in [6.07, 6.45) is 8.98. The summed E-state index contributed by atoms with van der Waals surface area (Å²) in [5, 5.41) is 0. The van der Waals surface area contributed by atoms with Crippen LogP contribution in [0.25, 0.3) is 0 Å². The highest BCUT2D eigenvalue weighted by Gasteiger charge is 2.50. The van der Waals surface area contributed by atoms with Gasteiger partial charge < -0.3 is 18.9 Å². The summed E-state index contributed by atoms with van der Waals surface area (Å²) in [5.41, 5.74) is 0. The van der Waals surface area contributed by atoms with Crippen LogP contribution in [0.2, 0.25) is 0 Å². The Morgan fingerprint density at radius 3 is 1.81 bits per heavy atom. The van der Waals surface area contributed by atoms with Crippen LogP contribution in [0.1, 0.15) is 137 Å². The third-order valence-electron chi connectivity index (χ3n) is 9.04. The molecule has 2 aliphatic rings. The first-order valence-electron chi connectivity index (χ1n) is 18.5. The fourth-order valence-electron chi connectivity index (χ4n) is 6.55. The van der Waals surface area contributed by atoms with Crippen LogP contribution in [-0.4, -0.2) is 98.6 Å². The Labute approximate surface area is 290 Å². The first-order chi connectivity index (χ1) is 23.1. The summed E-state index contributed by atoms with van der Waals surface area (Å²) in [7, 11) is -2.62. The van der Waals surface area contributed by atoms with E-state index < -0.39 is 53.2 Å². The summed E-state index contributed by atoms with van der Waals surface area (Å²) in [4.78, 5) is 52.9. The van der Waals surface area contributed by atoms with Gasteiger partial charge in [-0.15, -0.1) is 0 Å². The summed E-state index contributed by atoms with van der Waals surface area (Å²) in [5.74, 6) is -1.32. The molecule has 1 aliphatic heterocycles. The number of carbonyl (C=O) groups is 4. The molecule has 1 heterocycles. The third kappa shape index (κ3) is 15.5. The number of ether oxygens (including phenoxy) is 4. The van der Waals surface area contributed by atoms with E-state index in [1.54, 1.807) is 4.31 Å². The Morgan fingerprint density at radius 1 is 0.688 bits per heavy atom. The van der Waals surface area contributed by atoms with Gasteiger partial charge in [-0.25, -0.2) is 12.7 Å². The van der Waals surface area contributed by atoms with Crippen LogP contribution in [0.4, 0.5) is 0 Å². The van der Waals surface area contributed by atoms with Gasteiger partial charge in [0.05, 0.1) is 6.04 Å². The van der Waals surface area contributed by atoms with Gasteiger partial charge in [0, 0.05) is 45.3 Å². The molecule has 13 heteroatoms. The minimum Gasteiger partial charge on any atom is -0.464 e. The molecule has 0 radical (unpaired) electrons. The first-order valence-corrected chi connectivity index (χ1v) is 19.6. The van der Waals surface area contributed by atoms with E-state index in [2.05, 4.69) is 0 Å². The highest BCUT2D eigenvalue weighted by molar-refractivity contribution is 7.69. The van der Waals surface area contributed by atoms with E-state index in [9.17, 15) is 27.6 Å². The Bertz CT molecular complexity index is 1040. The smallest absolute Gasteiger partial charge is 0.306 e. The standard InChI is InChI=1S/C35H62N2O10S/c1-5-16-30(38)44-26-28-34(46-32(40)18-7-3)35(47-33(41)19-8-4)29(45-31(39)17-6-2)25-36(28)22-14-9-10-15-23-37(48(42)43)24-27-20-12-11-13-21-27/h27-29,34-35,48H,5-26H2,1-4H3/t28-,29+,34-,35-/m1/s1. The van der Waals surface area contributed by atoms with Crippen molar-refractivity contribution in [1.82, 2.24) is 9.21 Å². The summed E-state index contributed by atoms with van der Waals surface area (Å²) in [6, 6.07) is -0.623. The predicted molar refractivity (Wildman–Crippen MR) is 183 cm³/mol. The van der Waals surface area contributed by atoms with Gasteiger partial charge in [0.2, 0.25) is 10.9 Å². The molecule has 278 valence electrons. The van der Waals surface area contributed by atoms with Crippen molar-refractivity contribution in [3.63, 3.8) is 0 Å². The van der Waals surface area contributed by atoms with Crippen LogP contribution in [0.15, 0.2) is 0 Å². The molecule has 12 nitrogen and oxygen atoms in total. The van der Waals surface area contributed by atoms with Crippen molar-refractivity contribution in [2.24, 2.45) is 5.92 Å². The molecule has 2 fully saturated rings. The zero-order valence-corrected chi connectivity index (χ0v) is 30.8. The molecule has 48 heavy (non-hydrogen) atoms. The molecule has 0 unspecified atom stereocenters. The van der Waals surface area contributed by atoms with E-state index in [1.165, 1.54) is 19.3 Å². The predicted octanol–water partition coefficient (Wildman–Crippen LogP) is 5.12. The molecule has 0 amide bonds. The topological polar surface area (TPSA) is 146 Å². The Morgan fingerprint density at radius 2 is 1.23 bits per heavy atom. The molecule has 0 spiro atoms. The average molecular weight is 703 g/mol. The van der Waals surface area contributed by atoms with Crippen molar-refractivity contribution in [3.8, 4) is 0 Å². The zero-order chi connectivity index (χ0) is 35.3. The largest absolute Gasteiger partial charge is 0.464 e. The van der Waals surface area contributed by atoms with Crippen molar-refractivity contribution >= 4 is 34.8 Å². The normalized spacial score (nSPS) is 22.0. The van der Waals surface area contributed by atoms with Gasteiger partial charge in [0.15, 0.2) is 18.3 Å². The Balaban J connectivity index is 2.21. The number of thiol groups is 1. The average Bonchev–Trinajstić information content (AvgIpc) is 3.04. The summed E-state index contributed by atoms with van der Waals surface area (Å²) < 4.78 is 48.9. The molecule has 0 bridgehead atoms. The summed E-state index contributed by atoms with van der Waals surface area (Å²) in [6.45, 7) is 9.23. The number of carbonyl (C=O) groups excluding carboxylic acids is 4. The van der Waals surface area contributed by atoms with Crippen LogP contribution in [-0.2, 0) is 49.0 Å². The van der Waals surface area contributed by atoms with Crippen LogP contribution in [0.5, 0.6) is 0 Å². The molecule has 1 saturated carbocycles. The lowest BCUT2D eigenvalue weighted by molar-refractivity contribution is -0.210. The van der Waals surface area contributed by atoms with Crippen LogP contribution >= 0.6 is 0 Å². The van der Waals surface area contributed by atoms with E-state index in [0.29, 0.717) is 51.2 Å². The second kappa shape index (κ2) is 24.0. The van der Waals surface area contributed by atoms with Gasteiger partial charge in [-0.1, -0.05) is 59.8 Å². The molecule has 1 saturated heterocycles. The highest BCUT2D eigenvalue weighted by Crippen LogP contribution is 2.29. The molecule has 0 N–H and O–H groups in total. The van der Waals surface area contributed by atoms with E-state index >= 15 is 0 Å². The van der Waals surface area contributed by atoms with Crippen LogP contribution in [0.3, 0.4) is 0 Å². The number of esters is 4. The molecule has 4 atom stereocenters. The monoisotopic (exact) mass is 702 g/mol. The number of nitrogens with zero attached hydrogens (tertiary/aromatic N) is 2. The van der Waals surface area contributed by atoms with Gasteiger partial charge in [-0.2, -0.15) is 0 Å². The SMILES string of the molecule is CCCC(=O)OC[C@@H]1[C@@H](OC(=O)CCC)[C@H](OC(=O)CCC)[C@@H](OC(=O)CCC)CN1CCCCCCN(CC1CCCCC1)[SH](=O)=O. The first kappa shape index (κ1) is 41.9. The quantitative estimate of drug-likeness (QED) is 0.0656. The third-order valence-corrected chi connectivity index (χ3v) is 9.86. The van der Waals surface area contributed by atoms with E-state index in [1.807, 2.05) is 32.6 Å². The lowest BCUT2D eigenvalue weighted by atomic mass is 9.89. The Kier molecular flexibility index (Phi) is 21.0. The van der Waals surface area contributed by atoms with Gasteiger partial charge in [0.1, 0.15) is 6.61 Å². The summed E-state index contributed by atoms with van der Waals surface area (Å²) >= 11 is 0. The molecular weight excluding hydrogens is 640 g/mol. The number of hydrogen-bond donors (Lipinski definition) is 1. The lowest BCUT2D eigenvalue weighted by Crippen LogP contribution is -2.65. The lowest BCUT2D eigenvalue weighted by Gasteiger charge is -2.47. The molecule has 0 aromatic heterocycles. The van der Waals surface area contributed by atoms with Gasteiger partial charge in [-0.05, 0) is 63.8 Å². The molecular formula is C35H62N2O10S. The maximum Gasteiger partial charge on any atom is 0.306 e. The van der Waals surface area contributed by atoms with Crippen molar-refractivity contribution < 1.29 is 46.5 Å². The fraction of sp³-hybridized carbons (Fsp3) is 0.886. The van der Waals surface area contributed by atoms with Gasteiger partial charge in [0.25, 0.3) is 0 Å². The second-order valence-electron chi connectivity index (χ2n) is 13.3. The minimum absolute atomic E-state index is 0.0764. The van der Waals surface area contributed by atoms with E-state index in [0.717, 1.165) is 38.5 Å². The number of piperidine rings is 1. The number of likely N-dealkylation sites (tertiary alicyclic amines) is 1. The van der Waals surface area contributed by atoms with Crippen molar-refractivity contribution in [3.05, 3.63) is 0 Å². The van der Waals surface area contributed by atoms with Crippen LogP contribution in [0, 0.1) is 5.92 Å². The number of hydrogen-bond acceptors (Lipinski definition) is 11. The fourth-order valence-corrected chi connectivity index (χ4v) is 7.21. The zero-order valence-electron chi connectivity index (χ0n) is 29.9. The Hall–Kier alpha value is -2.25. The van der Waals surface area contributed by atoms with Gasteiger partial charge in [-0.3, -0.25) is 24.1 Å². The molecule has 2 rings (SSSR count). The molecule has 0 aromatic rings. The second-order valence-corrected chi connectivity index (χ2v) is 14.3. The molecule has 0 aromatic carbocycles. The highest BCUT2D eigenvalue weighted by atomic mass is 32.2. The maximum absolute atomic E-state index is 12.9. The minimum atomic E-state index is -2.62. The van der Waals surface area contributed by atoms with Crippen LogP contribution < -0.4 is 0 Å². The number of rotatable bonds is 23. The van der Waals surface area contributed by atoms with E-state index in [4.69, 9.17) is 18.9 Å². The van der Waals surface area contributed by atoms with Crippen molar-refractivity contribution in [2.75, 3.05) is 32.8 Å². The maximum atomic E-state index is 12.9. The van der Waals surface area contributed by atoms with Crippen molar-refractivity contribution in [2.45, 2.75) is 161 Å². The van der Waals surface area contributed by atoms with E-state index in [-0.39, 0.29) is 44.8 Å². The molecule has 1 aliphatic carbocycles. The van der Waals surface area contributed by atoms with Gasteiger partial charge >= 0.3 is 23.9 Å². The van der Waals surface area contributed by atoms with Crippen molar-refractivity contribution in [1.29, 1.82) is 0 Å².